The van der Waals surface area contributed by atoms with Crippen molar-refractivity contribution in [2.24, 2.45) is 0 Å². The van der Waals surface area contributed by atoms with Crippen LogP contribution in [-0.2, 0) is 10.3 Å². The first-order valence-electron chi connectivity index (χ1n) is 13.5. The standard InChI is InChI=1S/C32H28Br3ClN2O2/c33-27-25-26(28(34)29(35)30(27)36)32(40-31(25)39,15-13-21-5-9-23(10-6-21)37-17-1-2-18-37)16-14-22-7-11-24(12-8-22)38-19-3-4-20-38/h5-16H,1-4,17-20H2/b15-13+,16-14+. The molecule has 206 valence electrons. The molecular weight excluding hydrogens is 720 g/mol. The Balaban J connectivity index is 1.38. The number of anilines is 2. The van der Waals surface area contributed by atoms with Gasteiger partial charge >= 0.3 is 5.97 Å². The third-order valence-corrected chi connectivity index (χ3v) is 11.6. The van der Waals surface area contributed by atoms with Crippen LogP contribution in [0, 0.1) is 0 Å². The van der Waals surface area contributed by atoms with Gasteiger partial charge in [-0.05, 0) is 121 Å². The third kappa shape index (κ3) is 5.31. The molecule has 0 unspecified atom stereocenters. The third-order valence-electron chi connectivity index (χ3n) is 7.90. The first kappa shape index (κ1) is 28.1. The highest BCUT2D eigenvalue weighted by molar-refractivity contribution is 9.13. The molecule has 0 spiro atoms. The van der Waals surface area contributed by atoms with Crippen molar-refractivity contribution < 1.29 is 9.53 Å². The maximum absolute atomic E-state index is 13.3. The molecule has 0 aliphatic carbocycles. The van der Waals surface area contributed by atoms with E-state index in [0.717, 1.165) is 37.3 Å². The lowest BCUT2D eigenvalue weighted by Crippen LogP contribution is -2.21. The summed E-state index contributed by atoms with van der Waals surface area (Å²) < 4.78 is 8.03. The summed E-state index contributed by atoms with van der Waals surface area (Å²) >= 11 is 17.4. The summed E-state index contributed by atoms with van der Waals surface area (Å²) in [4.78, 5) is 18.1. The van der Waals surface area contributed by atoms with E-state index in [2.05, 4.69) is 106 Å². The molecule has 3 aliphatic rings. The van der Waals surface area contributed by atoms with Crippen molar-refractivity contribution in [3.05, 3.63) is 101 Å². The van der Waals surface area contributed by atoms with E-state index in [1.807, 2.05) is 24.3 Å². The van der Waals surface area contributed by atoms with E-state index in [1.54, 1.807) is 0 Å². The molecule has 0 aromatic heterocycles. The minimum absolute atomic E-state index is 0.418. The number of ether oxygens (including phenoxy) is 1. The number of cyclic esters (lactones) is 1. The van der Waals surface area contributed by atoms with Crippen LogP contribution in [0.1, 0.15) is 52.7 Å². The second-order valence-corrected chi connectivity index (χ2v) is 13.2. The summed E-state index contributed by atoms with van der Waals surface area (Å²) in [5, 5.41) is 0.418. The van der Waals surface area contributed by atoms with Crippen LogP contribution in [0.2, 0.25) is 5.02 Å². The number of rotatable bonds is 6. The molecule has 3 heterocycles. The fourth-order valence-electron chi connectivity index (χ4n) is 5.72. The number of hydrogen-bond donors (Lipinski definition) is 0. The number of benzene rings is 3. The topological polar surface area (TPSA) is 32.8 Å². The van der Waals surface area contributed by atoms with Gasteiger partial charge in [-0.2, -0.15) is 0 Å². The second kappa shape index (κ2) is 11.7. The van der Waals surface area contributed by atoms with Gasteiger partial charge in [-0.15, -0.1) is 0 Å². The first-order valence-corrected chi connectivity index (χ1v) is 16.3. The molecule has 2 saturated heterocycles. The van der Waals surface area contributed by atoms with Gasteiger partial charge in [-0.3, -0.25) is 0 Å². The van der Waals surface area contributed by atoms with E-state index in [-0.39, 0.29) is 0 Å². The molecule has 0 atom stereocenters. The highest BCUT2D eigenvalue weighted by Gasteiger charge is 2.46. The Morgan fingerprint density at radius 3 is 1.60 bits per heavy atom. The molecule has 0 amide bonds. The number of carbonyl (C=O) groups is 1. The average Bonchev–Trinajstić information content (AvgIpc) is 3.75. The summed E-state index contributed by atoms with van der Waals surface area (Å²) in [5.41, 5.74) is 4.52. The Labute approximate surface area is 265 Å². The zero-order valence-electron chi connectivity index (χ0n) is 21.8. The average molecular weight is 748 g/mol. The second-order valence-electron chi connectivity index (χ2n) is 10.4. The largest absolute Gasteiger partial charge is 0.442 e. The quantitative estimate of drug-likeness (QED) is 0.143. The molecule has 6 rings (SSSR count). The van der Waals surface area contributed by atoms with Crippen LogP contribution in [-0.4, -0.2) is 32.1 Å². The summed E-state index contributed by atoms with van der Waals surface area (Å²) in [7, 11) is 0. The number of hydrogen-bond acceptors (Lipinski definition) is 4. The van der Waals surface area contributed by atoms with E-state index in [9.17, 15) is 4.79 Å². The lowest BCUT2D eigenvalue weighted by atomic mass is 9.90. The predicted molar refractivity (Wildman–Crippen MR) is 175 cm³/mol. The molecule has 0 N–H and O–H groups in total. The number of halogens is 4. The van der Waals surface area contributed by atoms with Crippen LogP contribution in [0.3, 0.4) is 0 Å². The van der Waals surface area contributed by atoms with Crippen LogP contribution >= 0.6 is 59.4 Å². The van der Waals surface area contributed by atoms with Crippen LogP contribution in [0.5, 0.6) is 0 Å². The highest BCUT2D eigenvalue weighted by atomic mass is 79.9. The SMILES string of the molecule is O=C1OC(/C=C/c2ccc(N3CCCC3)cc2)(/C=C/c2ccc(N3CCCC3)cc2)c2c(Br)c(Br)c(Cl)c(Br)c21. The van der Waals surface area contributed by atoms with Gasteiger partial charge in [-0.25, -0.2) is 4.79 Å². The van der Waals surface area contributed by atoms with Crippen molar-refractivity contribution in [3.8, 4) is 0 Å². The highest BCUT2D eigenvalue weighted by Crippen LogP contribution is 2.52. The van der Waals surface area contributed by atoms with Gasteiger partial charge < -0.3 is 14.5 Å². The Morgan fingerprint density at radius 2 is 1.15 bits per heavy atom. The zero-order chi connectivity index (χ0) is 27.9. The summed E-state index contributed by atoms with van der Waals surface area (Å²) in [6.45, 7) is 4.43. The van der Waals surface area contributed by atoms with Crippen molar-refractivity contribution in [2.75, 3.05) is 36.0 Å². The van der Waals surface area contributed by atoms with E-state index in [1.165, 1.54) is 37.1 Å². The van der Waals surface area contributed by atoms with Gasteiger partial charge in [0.1, 0.15) is 0 Å². The molecule has 8 heteroatoms. The molecule has 3 aliphatic heterocycles. The van der Waals surface area contributed by atoms with Crippen LogP contribution < -0.4 is 9.80 Å². The first-order chi connectivity index (χ1) is 19.4. The van der Waals surface area contributed by atoms with Crippen molar-refractivity contribution >= 4 is 88.9 Å². The zero-order valence-corrected chi connectivity index (χ0v) is 27.3. The van der Waals surface area contributed by atoms with E-state index in [4.69, 9.17) is 16.3 Å². The number of esters is 1. The van der Waals surface area contributed by atoms with Crippen LogP contribution in [0.4, 0.5) is 11.4 Å². The van der Waals surface area contributed by atoms with Gasteiger partial charge in [-0.1, -0.05) is 48.0 Å². The molecule has 3 aromatic carbocycles. The number of carbonyl (C=O) groups excluding carboxylic acids is 1. The molecule has 4 nitrogen and oxygen atoms in total. The Kier molecular flexibility index (Phi) is 8.19. The Hall–Kier alpha value is -2.06. The number of fused-ring (bicyclic) bond motifs is 1. The smallest absolute Gasteiger partial charge is 0.341 e. The fourth-order valence-corrected chi connectivity index (χ4v) is 7.95. The molecule has 0 saturated carbocycles. The van der Waals surface area contributed by atoms with Crippen molar-refractivity contribution in [1.82, 2.24) is 0 Å². The van der Waals surface area contributed by atoms with E-state index < -0.39 is 11.6 Å². The molecular formula is C32H28Br3ClN2O2. The maximum atomic E-state index is 13.3. The maximum Gasteiger partial charge on any atom is 0.341 e. The van der Waals surface area contributed by atoms with Gasteiger partial charge in [0.05, 0.1) is 19.5 Å². The summed E-state index contributed by atoms with van der Waals surface area (Å²) in [6.07, 6.45) is 12.9. The molecule has 0 bridgehead atoms. The molecule has 40 heavy (non-hydrogen) atoms. The van der Waals surface area contributed by atoms with Gasteiger partial charge in [0.15, 0.2) is 5.60 Å². The van der Waals surface area contributed by atoms with Gasteiger partial charge in [0.2, 0.25) is 0 Å². The minimum atomic E-state index is -1.14. The minimum Gasteiger partial charge on any atom is -0.442 e. The lowest BCUT2D eigenvalue weighted by molar-refractivity contribution is 0.0299. The Morgan fingerprint density at radius 1 is 0.700 bits per heavy atom. The van der Waals surface area contributed by atoms with Crippen LogP contribution in [0.25, 0.3) is 12.2 Å². The number of nitrogens with zero attached hydrogens (tertiary/aromatic N) is 2. The van der Waals surface area contributed by atoms with Gasteiger partial charge in [0, 0.05) is 47.6 Å². The van der Waals surface area contributed by atoms with E-state index >= 15 is 0 Å². The molecule has 0 radical (unpaired) electrons. The monoisotopic (exact) mass is 744 g/mol. The molecule has 3 aromatic rings. The molecule has 2 fully saturated rings. The summed E-state index contributed by atoms with van der Waals surface area (Å²) in [5.74, 6) is -0.431. The predicted octanol–water partition coefficient (Wildman–Crippen LogP) is 9.62. The van der Waals surface area contributed by atoms with Crippen molar-refractivity contribution in [2.45, 2.75) is 31.3 Å². The van der Waals surface area contributed by atoms with Crippen molar-refractivity contribution in [3.63, 3.8) is 0 Å². The summed E-state index contributed by atoms with van der Waals surface area (Å²) in [6, 6.07) is 17.1. The normalized spacial score (nSPS) is 18.4. The van der Waals surface area contributed by atoms with Gasteiger partial charge in [0.25, 0.3) is 0 Å². The Bertz CT molecular complexity index is 1420. The lowest BCUT2D eigenvalue weighted by Gasteiger charge is -2.24. The van der Waals surface area contributed by atoms with Crippen molar-refractivity contribution in [1.29, 1.82) is 0 Å². The fraction of sp³-hybridized carbons (Fsp3) is 0.281. The van der Waals surface area contributed by atoms with Crippen LogP contribution in [0.15, 0.2) is 74.1 Å². The van der Waals surface area contributed by atoms with E-state index in [0.29, 0.717) is 29.6 Å².